The Labute approximate surface area is 158 Å². The number of nitrogens with zero attached hydrogens (tertiary/aromatic N) is 1. The van der Waals surface area contributed by atoms with Crippen LogP contribution in [0.1, 0.15) is 22.8 Å². The Balaban J connectivity index is 1.68. The molecule has 0 bridgehead atoms. The fraction of sp³-hybridized carbons (Fsp3) is 0.316. The van der Waals surface area contributed by atoms with Crippen LogP contribution in [0.3, 0.4) is 0 Å². The van der Waals surface area contributed by atoms with Crippen molar-refractivity contribution in [2.45, 2.75) is 17.8 Å². The Morgan fingerprint density at radius 2 is 1.78 bits per heavy atom. The van der Waals surface area contributed by atoms with Crippen molar-refractivity contribution >= 4 is 23.5 Å². The number of carbonyl (C=O) groups excluding carboxylic acids is 1. The molecule has 3 nitrogen and oxygen atoms in total. The van der Waals surface area contributed by atoms with Crippen molar-refractivity contribution in [3.05, 3.63) is 65.5 Å². The van der Waals surface area contributed by atoms with Crippen molar-refractivity contribution in [1.29, 1.82) is 0 Å². The lowest BCUT2D eigenvalue weighted by molar-refractivity contribution is -0.136. The maximum Gasteiger partial charge on any atom is 0.418 e. The Bertz CT molecular complexity index is 812. The van der Waals surface area contributed by atoms with Gasteiger partial charge in [-0.2, -0.15) is 24.9 Å². The zero-order valence-corrected chi connectivity index (χ0v) is 15.1. The maximum atomic E-state index is 14.0. The Hall–Kier alpha value is -2.22. The van der Waals surface area contributed by atoms with Gasteiger partial charge in [-0.15, -0.1) is 0 Å². The average molecular weight is 398 g/mol. The van der Waals surface area contributed by atoms with E-state index in [1.807, 2.05) is 0 Å². The summed E-state index contributed by atoms with van der Waals surface area (Å²) in [6.07, 6.45) is -4.02. The molecule has 3 rings (SSSR count). The topological polar surface area (TPSA) is 32.3 Å². The third-order valence-electron chi connectivity index (χ3n) is 4.35. The van der Waals surface area contributed by atoms with Crippen molar-refractivity contribution in [2.24, 2.45) is 0 Å². The average Bonchev–Trinajstić information content (AvgIpc) is 2.88. The highest BCUT2D eigenvalue weighted by molar-refractivity contribution is 7.99. The lowest BCUT2D eigenvalue weighted by Gasteiger charge is -2.22. The summed E-state index contributed by atoms with van der Waals surface area (Å²) >= 11 is 1.54. The Morgan fingerprint density at radius 1 is 1.07 bits per heavy atom. The lowest BCUT2D eigenvalue weighted by atomic mass is 10.1. The lowest BCUT2D eigenvalue weighted by Crippen LogP contribution is -2.37. The van der Waals surface area contributed by atoms with E-state index >= 15 is 0 Å². The number of amides is 2. The number of rotatable bonds is 2. The number of hydrogen-bond donors (Lipinski definition) is 1. The van der Waals surface area contributed by atoms with E-state index in [-0.39, 0.29) is 16.8 Å². The SMILES string of the molecule is O=C(Nc1ccccc1C(F)(F)F)N1CCSC(c2ccccc2F)CC1. The third-order valence-corrected chi connectivity index (χ3v) is 5.67. The first kappa shape index (κ1) is 19.5. The zero-order valence-electron chi connectivity index (χ0n) is 14.3. The molecule has 2 aromatic rings. The summed E-state index contributed by atoms with van der Waals surface area (Å²) in [5.74, 6) is 0.292. The quantitative estimate of drug-likeness (QED) is 0.672. The second-order valence-electron chi connectivity index (χ2n) is 6.13. The summed E-state index contributed by atoms with van der Waals surface area (Å²) in [7, 11) is 0. The van der Waals surface area contributed by atoms with Crippen molar-refractivity contribution in [2.75, 3.05) is 24.2 Å². The van der Waals surface area contributed by atoms with Gasteiger partial charge in [-0.05, 0) is 24.6 Å². The number of carbonyl (C=O) groups is 1. The first-order chi connectivity index (χ1) is 12.9. The van der Waals surface area contributed by atoms with Crippen molar-refractivity contribution in [3.63, 3.8) is 0 Å². The molecule has 2 aromatic carbocycles. The van der Waals surface area contributed by atoms with E-state index in [1.54, 1.807) is 30.0 Å². The number of para-hydroxylation sites is 1. The van der Waals surface area contributed by atoms with Gasteiger partial charge in [0.15, 0.2) is 0 Å². The van der Waals surface area contributed by atoms with Crippen LogP contribution in [0.2, 0.25) is 0 Å². The highest BCUT2D eigenvalue weighted by atomic mass is 32.2. The van der Waals surface area contributed by atoms with Crippen LogP contribution in [0.5, 0.6) is 0 Å². The summed E-state index contributed by atoms with van der Waals surface area (Å²) in [6.45, 7) is 0.724. The first-order valence-corrected chi connectivity index (χ1v) is 9.49. The van der Waals surface area contributed by atoms with E-state index in [9.17, 15) is 22.4 Å². The van der Waals surface area contributed by atoms with Gasteiger partial charge >= 0.3 is 12.2 Å². The summed E-state index contributed by atoms with van der Waals surface area (Å²) in [4.78, 5) is 13.9. The van der Waals surface area contributed by atoms with Crippen LogP contribution in [-0.4, -0.2) is 29.8 Å². The third kappa shape index (κ3) is 4.74. The van der Waals surface area contributed by atoms with Gasteiger partial charge < -0.3 is 10.2 Å². The molecule has 1 unspecified atom stereocenters. The van der Waals surface area contributed by atoms with E-state index in [1.165, 1.54) is 29.2 Å². The standard InChI is InChI=1S/C19H18F4N2OS/c20-15-7-3-1-5-13(15)17-9-10-25(11-12-27-17)18(26)24-16-8-4-2-6-14(16)19(21,22)23/h1-8,17H,9-12H2,(H,24,26). The minimum Gasteiger partial charge on any atom is -0.324 e. The number of hydrogen-bond acceptors (Lipinski definition) is 2. The number of nitrogens with one attached hydrogen (secondary N) is 1. The van der Waals surface area contributed by atoms with Gasteiger partial charge in [0.2, 0.25) is 0 Å². The minimum absolute atomic E-state index is 0.0912. The number of halogens is 4. The molecule has 0 spiro atoms. The van der Waals surface area contributed by atoms with Crippen molar-refractivity contribution in [1.82, 2.24) is 4.90 Å². The van der Waals surface area contributed by atoms with E-state index < -0.39 is 17.8 Å². The normalized spacial score (nSPS) is 18.1. The van der Waals surface area contributed by atoms with Crippen LogP contribution in [0.4, 0.5) is 28.0 Å². The van der Waals surface area contributed by atoms with Gasteiger partial charge in [-0.25, -0.2) is 9.18 Å². The predicted octanol–water partition coefficient (Wildman–Crippen LogP) is 5.56. The van der Waals surface area contributed by atoms with Crippen molar-refractivity contribution in [3.8, 4) is 0 Å². The van der Waals surface area contributed by atoms with E-state index in [2.05, 4.69) is 5.32 Å². The van der Waals surface area contributed by atoms with Crippen LogP contribution in [0.15, 0.2) is 48.5 Å². The van der Waals surface area contributed by atoms with E-state index in [0.717, 1.165) is 6.07 Å². The number of anilines is 1. The number of alkyl halides is 3. The largest absolute Gasteiger partial charge is 0.418 e. The summed E-state index contributed by atoms with van der Waals surface area (Å²) in [5.41, 5.74) is -0.559. The smallest absolute Gasteiger partial charge is 0.324 e. The van der Waals surface area contributed by atoms with Gasteiger partial charge in [-0.3, -0.25) is 0 Å². The van der Waals surface area contributed by atoms with Crippen LogP contribution in [-0.2, 0) is 6.18 Å². The molecule has 1 aliphatic heterocycles. The molecule has 0 aliphatic carbocycles. The molecule has 144 valence electrons. The molecule has 1 saturated heterocycles. The summed E-state index contributed by atoms with van der Waals surface area (Å²) in [5, 5.41) is 2.27. The molecule has 1 atom stereocenters. The van der Waals surface area contributed by atoms with Gasteiger partial charge in [0, 0.05) is 29.7 Å². The fourth-order valence-electron chi connectivity index (χ4n) is 2.99. The van der Waals surface area contributed by atoms with Crippen LogP contribution >= 0.6 is 11.8 Å². The van der Waals surface area contributed by atoms with Gasteiger partial charge in [0.25, 0.3) is 0 Å². The van der Waals surface area contributed by atoms with Gasteiger partial charge in [0.05, 0.1) is 11.3 Å². The molecular formula is C19H18F4N2OS. The minimum atomic E-state index is -4.55. The highest BCUT2D eigenvalue weighted by Crippen LogP contribution is 2.37. The summed E-state index contributed by atoms with van der Waals surface area (Å²) < 4.78 is 53.2. The molecule has 1 N–H and O–H groups in total. The second kappa shape index (κ2) is 8.21. The molecule has 1 fully saturated rings. The Morgan fingerprint density at radius 3 is 2.52 bits per heavy atom. The molecular weight excluding hydrogens is 380 g/mol. The predicted molar refractivity (Wildman–Crippen MR) is 98.3 cm³/mol. The molecule has 1 aliphatic rings. The van der Waals surface area contributed by atoms with Crippen LogP contribution in [0.25, 0.3) is 0 Å². The maximum absolute atomic E-state index is 14.0. The monoisotopic (exact) mass is 398 g/mol. The number of urea groups is 1. The van der Waals surface area contributed by atoms with E-state index in [0.29, 0.717) is 30.8 Å². The molecule has 0 aromatic heterocycles. The first-order valence-electron chi connectivity index (χ1n) is 8.44. The highest BCUT2D eigenvalue weighted by Gasteiger charge is 2.34. The number of thioether (sulfide) groups is 1. The number of benzene rings is 2. The molecule has 8 heteroatoms. The fourth-order valence-corrected chi connectivity index (χ4v) is 4.24. The van der Waals surface area contributed by atoms with Gasteiger partial charge in [0.1, 0.15) is 5.82 Å². The summed E-state index contributed by atoms with van der Waals surface area (Å²) in [6, 6.07) is 10.8. The van der Waals surface area contributed by atoms with Crippen LogP contribution < -0.4 is 5.32 Å². The molecule has 0 radical (unpaired) electrons. The molecule has 1 heterocycles. The zero-order chi connectivity index (χ0) is 19.4. The Kier molecular flexibility index (Phi) is 5.94. The molecule has 27 heavy (non-hydrogen) atoms. The van der Waals surface area contributed by atoms with Crippen molar-refractivity contribution < 1.29 is 22.4 Å². The second-order valence-corrected chi connectivity index (χ2v) is 7.44. The van der Waals surface area contributed by atoms with Gasteiger partial charge in [-0.1, -0.05) is 30.3 Å². The molecule has 0 saturated carbocycles. The molecule has 2 amide bonds. The van der Waals surface area contributed by atoms with E-state index in [4.69, 9.17) is 0 Å². The van der Waals surface area contributed by atoms with Crippen LogP contribution in [0, 0.1) is 5.82 Å².